The van der Waals surface area contributed by atoms with Crippen molar-refractivity contribution >= 4 is 5.91 Å². The topological polar surface area (TPSA) is 105 Å². The van der Waals surface area contributed by atoms with Crippen LogP contribution in [0.3, 0.4) is 0 Å². The smallest absolute Gasteiger partial charge is 0.291 e. The number of para-hydroxylation sites is 2. The van der Waals surface area contributed by atoms with Crippen molar-refractivity contribution in [2.75, 3.05) is 6.54 Å². The SMILES string of the molecule is O=C1CN=c2ccccc2=N1.O=[N+]([O-])O. The molecule has 7 heteroatoms. The summed E-state index contributed by atoms with van der Waals surface area (Å²) in [7, 11) is 0. The molecular weight excluding hydrogens is 202 g/mol. The first-order chi connectivity index (χ1) is 7.09. The maximum absolute atomic E-state index is 10.8. The van der Waals surface area contributed by atoms with Gasteiger partial charge in [-0.1, -0.05) is 12.1 Å². The molecule has 0 saturated carbocycles. The predicted molar refractivity (Wildman–Crippen MR) is 47.4 cm³/mol. The van der Waals surface area contributed by atoms with Crippen LogP contribution in [0.2, 0.25) is 0 Å². The lowest BCUT2D eigenvalue weighted by molar-refractivity contribution is -0.742. The van der Waals surface area contributed by atoms with E-state index >= 15 is 0 Å². The van der Waals surface area contributed by atoms with Gasteiger partial charge in [-0.3, -0.25) is 9.79 Å². The standard InChI is InChI=1S/C8H6N2O.HNO3/c11-8-5-9-6-3-1-2-4-7(6)10-8;2-1(3)4/h1-4H,5H2;(H,2,3,4). The fourth-order valence-electron chi connectivity index (χ4n) is 1.01. The van der Waals surface area contributed by atoms with Gasteiger partial charge in [-0.25, -0.2) is 4.99 Å². The van der Waals surface area contributed by atoms with Crippen LogP contribution < -0.4 is 10.7 Å². The minimum Gasteiger partial charge on any atom is -0.328 e. The number of hydrogen-bond donors (Lipinski definition) is 1. The Balaban J connectivity index is 0.000000245. The molecule has 0 unspecified atom stereocenters. The van der Waals surface area contributed by atoms with Gasteiger partial charge in [0.15, 0.2) is 0 Å². The quantitative estimate of drug-likeness (QED) is 0.442. The monoisotopic (exact) mass is 209 g/mol. The average Bonchev–Trinajstić information content (AvgIpc) is 2.16. The molecule has 1 aliphatic rings. The lowest BCUT2D eigenvalue weighted by atomic mass is 10.3. The third-order valence-electron chi connectivity index (χ3n) is 1.51. The first-order valence-corrected chi connectivity index (χ1v) is 3.94. The highest BCUT2D eigenvalue weighted by Crippen LogP contribution is 1.80. The van der Waals surface area contributed by atoms with Crippen LogP contribution in [-0.4, -0.2) is 22.7 Å². The van der Waals surface area contributed by atoms with Gasteiger partial charge in [0.2, 0.25) is 0 Å². The Hall–Kier alpha value is -2.31. The molecule has 78 valence electrons. The number of amides is 1. The van der Waals surface area contributed by atoms with Crippen LogP contribution in [0.15, 0.2) is 34.3 Å². The molecule has 2 rings (SSSR count). The molecule has 1 N–H and O–H groups in total. The maximum Gasteiger partial charge on any atom is 0.291 e. The summed E-state index contributed by atoms with van der Waals surface area (Å²) in [6.07, 6.45) is 0. The van der Waals surface area contributed by atoms with Crippen molar-refractivity contribution in [2.24, 2.45) is 9.98 Å². The molecule has 0 fully saturated rings. The zero-order chi connectivity index (χ0) is 11.3. The number of carbonyl (C=O) groups is 1. The van der Waals surface area contributed by atoms with Gasteiger partial charge < -0.3 is 5.21 Å². The summed E-state index contributed by atoms with van der Waals surface area (Å²) in [5, 5.41) is 15.1. The number of hydrogen-bond acceptors (Lipinski definition) is 4. The number of carbonyl (C=O) groups excluding carboxylic acids is 1. The second-order valence-electron chi connectivity index (χ2n) is 2.55. The van der Waals surface area contributed by atoms with Gasteiger partial charge in [-0.15, -0.1) is 10.1 Å². The van der Waals surface area contributed by atoms with E-state index in [9.17, 15) is 4.79 Å². The Morgan fingerprint density at radius 3 is 2.47 bits per heavy atom. The van der Waals surface area contributed by atoms with Crippen LogP contribution >= 0.6 is 0 Å². The van der Waals surface area contributed by atoms with E-state index in [1.807, 2.05) is 18.2 Å². The van der Waals surface area contributed by atoms with Crippen molar-refractivity contribution in [3.63, 3.8) is 0 Å². The second-order valence-corrected chi connectivity index (χ2v) is 2.55. The Bertz CT molecular complexity index is 493. The molecule has 1 heterocycles. The predicted octanol–water partition coefficient (Wildman–Crippen LogP) is -0.882. The molecule has 0 spiro atoms. The summed E-state index contributed by atoms with van der Waals surface area (Å²) in [5.41, 5.74) is 0. The van der Waals surface area contributed by atoms with E-state index in [2.05, 4.69) is 9.98 Å². The molecule has 0 aromatic heterocycles. The number of fused-ring (bicyclic) bond motifs is 1. The molecule has 0 atom stereocenters. The van der Waals surface area contributed by atoms with Crippen LogP contribution in [0.4, 0.5) is 0 Å². The minimum atomic E-state index is -1.50. The van der Waals surface area contributed by atoms with Crippen LogP contribution in [0.1, 0.15) is 0 Å². The summed E-state index contributed by atoms with van der Waals surface area (Å²) >= 11 is 0. The number of nitrogens with zero attached hydrogens (tertiary/aromatic N) is 3. The Morgan fingerprint density at radius 1 is 1.33 bits per heavy atom. The third kappa shape index (κ3) is 3.51. The fourth-order valence-corrected chi connectivity index (χ4v) is 1.01. The average molecular weight is 209 g/mol. The van der Waals surface area contributed by atoms with Crippen molar-refractivity contribution in [1.29, 1.82) is 0 Å². The van der Waals surface area contributed by atoms with Crippen molar-refractivity contribution in [3.05, 3.63) is 45.1 Å². The van der Waals surface area contributed by atoms with E-state index < -0.39 is 5.09 Å². The molecule has 0 radical (unpaired) electrons. The van der Waals surface area contributed by atoms with Crippen molar-refractivity contribution in [2.45, 2.75) is 0 Å². The lowest BCUT2D eigenvalue weighted by Gasteiger charge is -1.95. The normalized spacial score (nSPS) is 12.4. The zero-order valence-electron chi connectivity index (χ0n) is 7.53. The molecule has 0 bridgehead atoms. The zero-order valence-corrected chi connectivity index (χ0v) is 7.53. The van der Waals surface area contributed by atoms with Gasteiger partial charge in [-0.2, -0.15) is 0 Å². The van der Waals surface area contributed by atoms with Crippen LogP contribution in [0.5, 0.6) is 0 Å². The second kappa shape index (κ2) is 4.80. The Labute approximate surface area is 83.5 Å². The van der Waals surface area contributed by atoms with Gasteiger partial charge in [0.25, 0.3) is 11.0 Å². The van der Waals surface area contributed by atoms with E-state index in [1.165, 1.54) is 0 Å². The minimum absolute atomic E-state index is 0.163. The Morgan fingerprint density at radius 2 is 1.87 bits per heavy atom. The highest BCUT2D eigenvalue weighted by molar-refractivity contribution is 5.79. The van der Waals surface area contributed by atoms with Gasteiger partial charge in [0.1, 0.15) is 6.54 Å². The molecule has 1 aromatic rings. The highest BCUT2D eigenvalue weighted by Gasteiger charge is 2.01. The summed E-state index contributed by atoms with van der Waals surface area (Å²) in [6, 6.07) is 7.37. The molecule has 15 heavy (non-hydrogen) atoms. The molecule has 1 aromatic carbocycles. The largest absolute Gasteiger partial charge is 0.328 e. The summed E-state index contributed by atoms with van der Waals surface area (Å²) < 4.78 is 0. The van der Waals surface area contributed by atoms with E-state index in [0.717, 1.165) is 5.36 Å². The molecule has 1 amide bonds. The molecule has 1 aliphatic heterocycles. The van der Waals surface area contributed by atoms with E-state index in [-0.39, 0.29) is 12.5 Å². The van der Waals surface area contributed by atoms with Crippen LogP contribution in [-0.2, 0) is 4.79 Å². The number of rotatable bonds is 0. The lowest BCUT2D eigenvalue weighted by Crippen LogP contribution is -2.31. The van der Waals surface area contributed by atoms with E-state index in [1.54, 1.807) is 6.07 Å². The molecule has 0 saturated heterocycles. The van der Waals surface area contributed by atoms with E-state index in [4.69, 9.17) is 15.3 Å². The highest BCUT2D eigenvalue weighted by atomic mass is 16.9. The molecular formula is C8H7N3O4. The van der Waals surface area contributed by atoms with Crippen molar-refractivity contribution in [1.82, 2.24) is 0 Å². The van der Waals surface area contributed by atoms with Gasteiger partial charge >= 0.3 is 0 Å². The molecule has 0 aliphatic carbocycles. The first-order valence-electron chi connectivity index (χ1n) is 3.94. The van der Waals surface area contributed by atoms with Crippen LogP contribution in [0, 0.1) is 10.1 Å². The Kier molecular flexibility index (Phi) is 3.44. The number of benzene rings is 1. The summed E-state index contributed by atoms with van der Waals surface area (Å²) in [5.74, 6) is -0.163. The van der Waals surface area contributed by atoms with Gasteiger partial charge in [0, 0.05) is 0 Å². The first kappa shape index (κ1) is 10.8. The fraction of sp³-hybridized carbons (Fsp3) is 0.125. The summed E-state index contributed by atoms with van der Waals surface area (Å²) in [4.78, 5) is 27.0. The third-order valence-corrected chi connectivity index (χ3v) is 1.51. The molecule has 7 nitrogen and oxygen atoms in total. The maximum atomic E-state index is 10.8. The van der Waals surface area contributed by atoms with E-state index in [0.29, 0.717) is 5.36 Å². The van der Waals surface area contributed by atoms with Crippen LogP contribution in [0.25, 0.3) is 0 Å². The van der Waals surface area contributed by atoms with Crippen molar-refractivity contribution in [3.8, 4) is 0 Å². The van der Waals surface area contributed by atoms with Gasteiger partial charge in [-0.05, 0) is 12.1 Å². The van der Waals surface area contributed by atoms with Gasteiger partial charge in [0.05, 0.1) is 10.7 Å². The summed E-state index contributed by atoms with van der Waals surface area (Å²) in [6.45, 7) is 0.191. The van der Waals surface area contributed by atoms with Crippen molar-refractivity contribution < 1.29 is 15.1 Å².